The first-order valence-corrected chi connectivity index (χ1v) is 9.77. The molecule has 0 spiro atoms. The SMILES string of the molecule is O=C1CCCN1CC[C@@H]1CCCCN1C(=O)c1ccc(-c2ncn[nH]2)cc1. The van der Waals surface area contributed by atoms with E-state index in [9.17, 15) is 9.59 Å². The molecule has 1 N–H and O–H groups in total. The lowest BCUT2D eigenvalue weighted by molar-refractivity contribution is -0.127. The topological polar surface area (TPSA) is 82.2 Å². The van der Waals surface area contributed by atoms with Crippen LogP contribution in [0.4, 0.5) is 0 Å². The highest BCUT2D eigenvalue weighted by Crippen LogP contribution is 2.24. The van der Waals surface area contributed by atoms with Gasteiger partial charge in [-0.15, -0.1) is 0 Å². The zero-order valence-electron chi connectivity index (χ0n) is 15.4. The Bertz CT molecular complexity index is 787. The number of H-pyrrole nitrogens is 1. The second-order valence-electron chi connectivity index (χ2n) is 7.33. The van der Waals surface area contributed by atoms with E-state index >= 15 is 0 Å². The van der Waals surface area contributed by atoms with Crippen LogP contribution < -0.4 is 0 Å². The molecule has 0 bridgehead atoms. The van der Waals surface area contributed by atoms with Crippen molar-refractivity contribution in [3.63, 3.8) is 0 Å². The summed E-state index contributed by atoms with van der Waals surface area (Å²) < 4.78 is 0. The number of nitrogens with one attached hydrogen (secondary N) is 1. The van der Waals surface area contributed by atoms with Gasteiger partial charge >= 0.3 is 0 Å². The van der Waals surface area contributed by atoms with Gasteiger partial charge in [-0.2, -0.15) is 5.10 Å². The van der Waals surface area contributed by atoms with Crippen LogP contribution in [0.5, 0.6) is 0 Å². The van der Waals surface area contributed by atoms with Crippen LogP contribution in [0.1, 0.15) is 48.9 Å². The molecule has 0 radical (unpaired) electrons. The van der Waals surface area contributed by atoms with Gasteiger partial charge in [0.1, 0.15) is 6.33 Å². The van der Waals surface area contributed by atoms with E-state index in [4.69, 9.17) is 0 Å². The standard InChI is InChI=1S/C20H25N5O2/c26-18-5-3-11-24(18)13-10-17-4-1-2-12-25(17)20(27)16-8-6-15(7-9-16)19-21-14-22-23-19/h6-9,14,17H,1-5,10-13H2,(H,21,22,23)/t17-/m0/s1. The van der Waals surface area contributed by atoms with Gasteiger partial charge in [0.25, 0.3) is 5.91 Å². The molecular formula is C20H25N5O2. The lowest BCUT2D eigenvalue weighted by atomic mass is 9.97. The summed E-state index contributed by atoms with van der Waals surface area (Å²) >= 11 is 0. The van der Waals surface area contributed by atoms with Crippen LogP contribution in [-0.2, 0) is 4.79 Å². The van der Waals surface area contributed by atoms with Crippen molar-refractivity contribution < 1.29 is 9.59 Å². The number of hydrogen-bond acceptors (Lipinski definition) is 4. The molecule has 2 saturated heterocycles. The maximum Gasteiger partial charge on any atom is 0.254 e. The lowest BCUT2D eigenvalue weighted by Gasteiger charge is -2.36. The van der Waals surface area contributed by atoms with Crippen LogP contribution in [0.15, 0.2) is 30.6 Å². The molecule has 7 heteroatoms. The van der Waals surface area contributed by atoms with Crippen molar-refractivity contribution in [1.82, 2.24) is 25.0 Å². The summed E-state index contributed by atoms with van der Waals surface area (Å²) in [5, 5.41) is 6.69. The Hall–Kier alpha value is -2.70. The minimum Gasteiger partial charge on any atom is -0.343 e. The first kappa shape index (κ1) is 17.7. The van der Waals surface area contributed by atoms with Crippen molar-refractivity contribution in [3.8, 4) is 11.4 Å². The van der Waals surface area contributed by atoms with Crippen molar-refractivity contribution >= 4 is 11.8 Å². The molecule has 1 atom stereocenters. The number of nitrogens with zero attached hydrogens (tertiary/aromatic N) is 4. The van der Waals surface area contributed by atoms with Gasteiger partial charge in [-0.25, -0.2) is 4.98 Å². The van der Waals surface area contributed by atoms with E-state index in [1.807, 2.05) is 34.1 Å². The van der Waals surface area contributed by atoms with E-state index in [0.717, 1.165) is 57.3 Å². The fourth-order valence-electron chi connectivity index (χ4n) is 4.09. The largest absolute Gasteiger partial charge is 0.343 e. The first-order chi connectivity index (χ1) is 13.2. The van der Waals surface area contributed by atoms with E-state index < -0.39 is 0 Å². The summed E-state index contributed by atoms with van der Waals surface area (Å²) in [6.45, 7) is 2.42. The number of piperidine rings is 1. The normalized spacial score (nSPS) is 20.3. The zero-order valence-corrected chi connectivity index (χ0v) is 15.4. The monoisotopic (exact) mass is 367 g/mol. The van der Waals surface area contributed by atoms with Crippen LogP contribution in [0.3, 0.4) is 0 Å². The van der Waals surface area contributed by atoms with Crippen LogP contribution in [0, 0.1) is 0 Å². The third kappa shape index (κ3) is 3.86. The molecule has 27 heavy (non-hydrogen) atoms. The van der Waals surface area contributed by atoms with Crippen molar-refractivity contribution in [2.75, 3.05) is 19.6 Å². The summed E-state index contributed by atoms with van der Waals surface area (Å²) in [4.78, 5) is 33.0. The quantitative estimate of drug-likeness (QED) is 0.880. The molecule has 2 amide bonds. The average Bonchev–Trinajstić information content (AvgIpc) is 3.38. The summed E-state index contributed by atoms with van der Waals surface area (Å²) in [6, 6.07) is 7.73. The second-order valence-corrected chi connectivity index (χ2v) is 7.33. The van der Waals surface area contributed by atoms with E-state index in [1.54, 1.807) is 0 Å². The van der Waals surface area contributed by atoms with Crippen LogP contribution in [-0.4, -0.2) is 62.5 Å². The molecule has 2 aliphatic heterocycles. The van der Waals surface area contributed by atoms with Crippen molar-refractivity contribution in [3.05, 3.63) is 36.2 Å². The van der Waals surface area contributed by atoms with E-state index in [1.165, 1.54) is 6.33 Å². The third-order valence-corrected chi connectivity index (χ3v) is 5.61. The molecule has 2 aromatic rings. The van der Waals surface area contributed by atoms with Gasteiger partial charge in [-0.3, -0.25) is 14.7 Å². The predicted molar refractivity (Wildman–Crippen MR) is 101 cm³/mol. The summed E-state index contributed by atoms with van der Waals surface area (Å²) in [5.41, 5.74) is 1.61. The Labute approximate surface area is 158 Å². The van der Waals surface area contributed by atoms with Crippen molar-refractivity contribution in [2.45, 2.75) is 44.6 Å². The number of aromatic nitrogens is 3. The smallest absolute Gasteiger partial charge is 0.254 e. The highest BCUT2D eigenvalue weighted by atomic mass is 16.2. The molecule has 0 saturated carbocycles. The second kappa shape index (κ2) is 7.90. The number of carbonyl (C=O) groups excluding carboxylic acids is 2. The van der Waals surface area contributed by atoms with Crippen LogP contribution in [0.2, 0.25) is 0 Å². The number of likely N-dealkylation sites (tertiary alicyclic amines) is 2. The fourth-order valence-corrected chi connectivity index (χ4v) is 4.09. The molecule has 142 valence electrons. The van der Waals surface area contributed by atoms with E-state index in [-0.39, 0.29) is 17.9 Å². The van der Waals surface area contributed by atoms with Gasteiger partial charge in [-0.1, -0.05) is 12.1 Å². The number of aromatic amines is 1. The molecule has 3 heterocycles. The number of hydrogen-bond donors (Lipinski definition) is 1. The highest BCUT2D eigenvalue weighted by Gasteiger charge is 2.29. The van der Waals surface area contributed by atoms with Gasteiger partial charge in [0.2, 0.25) is 5.91 Å². The average molecular weight is 367 g/mol. The molecule has 2 fully saturated rings. The number of amides is 2. The maximum absolute atomic E-state index is 13.1. The Kier molecular flexibility index (Phi) is 5.18. The van der Waals surface area contributed by atoms with Crippen LogP contribution >= 0.6 is 0 Å². The molecule has 4 rings (SSSR count). The Morgan fingerprint density at radius 3 is 2.70 bits per heavy atom. The van der Waals surface area contributed by atoms with Gasteiger partial charge in [0.05, 0.1) is 0 Å². The number of carbonyl (C=O) groups is 2. The van der Waals surface area contributed by atoms with Crippen molar-refractivity contribution in [1.29, 1.82) is 0 Å². The van der Waals surface area contributed by atoms with E-state index in [2.05, 4.69) is 15.2 Å². The zero-order chi connectivity index (χ0) is 18.6. The summed E-state index contributed by atoms with van der Waals surface area (Å²) in [7, 11) is 0. The minimum atomic E-state index is 0.0802. The van der Waals surface area contributed by atoms with Crippen LogP contribution in [0.25, 0.3) is 11.4 Å². The number of rotatable bonds is 5. The third-order valence-electron chi connectivity index (χ3n) is 5.61. The maximum atomic E-state index is 13.1. The minimum absolute atomic E-state index is 0.0802. The molecule has 0 unspecified atom stereocenters. The summed E-state index contributed by atoms with van der Waals surface area (Å²) in [6.07, 6.45) is 7.18. The Morgan fingerprint density at radius 1 is 1.15 bits per heavy atom. The van der Waals surface area contributed by atoms with Gasteiger partial charge in [-0.05, 0) is 44.2 Å². The lowest BCUT2D eigenvalue weighted by Crippen LogP contribution is -2.45. The Balaban J connectivity index is 1.43. The first-order valence-electron chi connectivity index (χ1n) is 9.77. The van der Waals surface area contributed by atoms with E-state index in [0.29, 0.717) is 17.8 Å². The molecule has 1 aromatic heterocycles. The van der Waals surface area contributed by atoms with Gasteiger partial charge in [0, 0.05) is 43.2 Å². The number of benzene rings is 1. The predicted octanol–water partition coefficient (Wildman–Crippen LogP) is 2.48. The van der Waals surface area contributed by atoms with Crippen molar-refractivity contribution in [2.24, 2.45) is 0 Å². The Morgan fingerprint density at radius 2 is 2.00 bits per heavy atom. The molecule has 1 aromatic carbocycles. The van der Waals surface area contributed by atoms with Gasteiger partial charge < -0.3 is 9.80 Å². The molecule has 0 aliphatic carbocycles. The molecular weight excluding hydrogens is 342 g/mol. The molecule has 7 nitrogen and oxygen atoms in total. The highest BCUT2D eigenvalue weighted by molar-refractivity contribution is 5.95. The molecule has 2 aliphatic rings. The fraction of sp³-hybridized carbons (Fsp3) is 0.500. The summed E-state index contributed by atoms with van der Waals surface area (Å²) in [5.74, 6) is 1.03. The van der Waals surface area contributed by atoms with Gasteiger partial charge in [0.15, 0.2) is 5.82 Å².